The molecule has 1 aromatic carbocycles. The van der Waals surface area contributed by atoms with Gasteiger partial charge < -0.3 is 4.90 Å². The van der Waals surface area contributed by atoms with Crippen LogP contribution in [0.25, 0.3) is 0 Å². The summed E-state index contributed by atoms with van der Waals surface area (Å²) >= 11 is 3.60. The van der Waals surface area contributed by atoms with Gasteiger partial charge in [-0.25, -0.2) is 0 Å². The predicted molar refractivity (Wildman–Crippen MR) is 78.6 cm³/mol. The van der Waals surface area contributed by atoms with Crippen LogP contribution in [0.4, 0.5) is 5.69 Å². The molecule has 18 heavy (non-hydrogen) atoms. The van der Waals surface area contributed by atoms with Crippen molar-refractivity contribution in [2.24, 2.45) is 11.8 Å². The van der Waals surface area contributed by atoms with Gasteiger partial charge in [0.25, 0.3) is 0 Å². The number of nitriles is 1. The summed E-state index contributed by atoms with van der Waals surface area (Å²) in [7, 11) is 0. The summed E-state index contributed by atoms with van der Waals surface area (Å²) < 4.78 is 1.02. The Morgan fingerprint density at radius 1 is 1.33 bits per heavy atom. The van der Waals surface area contributed by atoms with E-state index in [2.05, 4.69) is 53.7 Å². The number of nitrogens with zero attached hydrogens (tertiary/aromatic N) is 2. The van der Waals surface area contributed by atoms with Gasteiger partial charge in [-0.3, -0.25) is 0 Å². The van der Waals surface area contributed by atoms with Crippen molar-refractivity contribution in [3.63, 3.8) is 0 Å². The van der Waals surface area contributed by atoms with Gasteiger partial charge in [0.1, 0.15) is 0 Å². The number of rotatable bonds is 1. The van der Waals surface area contributed by atoms with Crippen LogP contribution in [0.5, 0.6) is 0 Å². The van der Waals surface area contributed by atoms with Crippen molar-refractivity contribution in [1.29, 1.82) is 5.26 Å². The van der Waals surface area contributed by atoms with E-state index in [1.165, 1.54) is 12.1 Å². The number of anilines is 1. The molecule has 0 radical (unpaired) electrons. The minimum Gasteiger partial charge on any atom is -0.367 e. The fourth-order valence-corrected chi connectivity index (χ4v) is 3.45. The zero-order valence-corrected chi connectivity index (χ0v) is 12.7. The number of hydrogen-bond acceptors (Lipinski definition) is 2. The SMILES string of the molecule is CC1CC(C)C(C)N(c2ccc(C#N)cc2Br)C1. The van der Waals surface area contributed by atoms with Gasteiger partial charge in [-0.15, -0.1) is 0 Å². The van der Waals surface area contributed by atoms with Crippen molar-refractivity contribution in [2.45, 2.75) is 33.2 Å². The molecular weight excluding hydrogens is 288 g/mol. The molecule has 1 aromatic rings. The summed E-state index contributed by atoms with van der Waals surface area (Å²) in [5, 5.41) is 8.91. The van der Waals surface area contributed by atoms with Crippen molar-refractivity contribution in [3.05, 3.63) is 28.2 Å². The Morgan fingerprint density at radius 3 is 2.67 bits per heavy atom. The number of halogens is 1. The van der Waals surface area contributed by atoms with Gasteiger partial charge in [0.15, 0.2) is 0 Å². The van der Waals surface area contributed by atoms with Crippen molar-refractivity contribution in [3.8, 4) is 6.07 Å². The second-order valence-electron chi connectivity index (χ2n) is 5.49. The van der Waals surface area contributed by atoms with E-state index in [1.807, 2.05) is 12.1 Å². The minimum absolute atomic E-state index is 0.547. The molecule has 1 fully saturated rings. The van der Waals surface area contributed by atoms with Crippen LogP contribution < -0.4 is 4.90 Å². The molecule has 1 aliphatic heterocycles. The highest BCUT2D eigenvalue weighted by Gasteiger charge is 2.29. The molecule has 0 N–H and O–H groups in total. The van der Waals surface area contributed by atoms with E-state index in [1.54, 1.807) is 0 Å². The third kappa shape index (κ3) is 2.54. The van der Waals surface area contributed by atoms with Gasteiger partial charge >= 0.3 is 0 Å². The Kier molecular flexibility index (Phi) is 3.97. The highest BCUT2D eigenvalue weighted by Crippen LogP contribution is 2.35. The van der Waals surface area contributed by atoms with Crippen LogP contribution >= 0.6 is 15.9 Å². The molecule has 0 spiro atoms. The molecule has 3 atom stereocenters. The average Bonchev–Trinajstić information content (AvgIpc) is 2.34. The molecule has 1 heterocycles. The predicted octanol–water partition coefficient (Wildman–Crippen LogP) is 4.19. The molecule has 3 unspecified atom stereocenters. The Bertz CT molecular complexity index is 478. The molecule has 0 aliphatic carbocycles. The Hall–Kier alpha value is -1.01. The van der Waals surface area contributed by atoms with Crippen LogP contribution in [0.3, 0.4) is 0 Å². The lowest BCUT2D eigenvalue weighted by atomic mass is 9.85. The first-order valence-corrected chi connectivity index (χ1v) is 7.28. The van der Waals surface area contributed by atoms with Crippen LogP contribution in [-0.4, -0.2) is 12.6 Å². The summed E-state index contributed by atoms with van der Waals surface area (Å²) in [5.41, 5.74) is 1.91. The van der Waals surface area contributed by atoms with E-state index in [9.17, 15) is 0 Å². The van der Waals surface area contributed by atoms with E-state index in [0.717, 1.165) is 16.9 Å². The topological polar surface area (TPSA) is 27.0 Å². The number of hydrogen-bond donors (Lipinski definition) is 0. The summed E-state index contributed by atoms with van der Waals surface area (Å²) in [6.45, 7) is 8.02. The molecule has 3 heteroatoms. The maximum atomic E-state index is 8.91. The molecule has 96 valence electrons. The third-order valence-corrected chi connectivity index (χ3v) is 4.62. The summed E-state index contributed by atoms with van der Waals surface area (Å²) in [4.78, 5) is 2.46. The van der Waals surface area contributed by atoms with E-state index in [-0.39, 0.29) is 0 Å². The fourth-order valence-electron chi connectivity index (χ4n) is 2.84. The van der Waals surface area contributed by atoms with Crippen molar-refractivity contribution < 1.29 is 0 Å². The molecule has 2 nitrogen and oxygen atoms in total. The molecular formula is C15H19BrN2. The zero-order valence-electron chi connectivity index (χ0n) is 11.2. The molecule has 0 amide bonds. The van der Waals surface area contributed by atoms with Crippen molar-refractivity contribution in [2.75, 3.05) is 11.4 Å². The normalized spacial score (nSPS) is 27.9. The minimum atomic E-state index is 0.547. The molecule has 2 rings (SSSR count). The average molecular weight is 307 g/mol. The quantitative estimate of drug-likeness (QED) is 0.778. The zero-order chi connectivity index (χ0) is 13.3. The highest BCUT2D eigenvalue weighted by molar-refractivity contribution is 9.10. The standard InChI is InChI=1S/C15H19BrN2/c1-10-6-11(2)12(3)18(9-10)15-5-4-13(8-17)7-14(15)16/h4-5,7,10-12H,6,9H2,1-3H3. The second kappa shape index (κ2) is 5.32. The van der Waals surface area contributed by atoms with Crippen LogP contribution in [0.1, 0.15) is 32.8 Å². The van der Waals surface area contributed by atoms with Crippen LogP contribution in [0, 0.1) is 23.2 Å². The fraction of sp³-hybridized carbons (Fsp3) is 0.533. The maximum absolute atomic E-state index is 8.91. The Labute approximate surface area is 118 Å². The van der Waals surface area contributed by atoms with Gasteiger partial charge in [-0.05, 0) is 59.3 Å². The molecule has 0 saturated carbocycles. The van der Waals surface area contributed by atoms with Gasteiger partial charge in [0, 0.05) is 17.1 Å². The van der Waals surface area contributed by atoms with Crippen LogP contribution in [-0.2, 0) is 0 Å². The first-order chi connectivity index (χ1) is 8.52. The monoisotopic (exact) mass is 306 g/mol. The lowest BCUT2D eigenvalue weighted by molar-refractivity contribution is 0.297. The van der Waals surface area contributed by atoms with E-state index < -0.39 is 0 Å². The molecule has 1 saturated heterocycles. The first-order valence-electron chi connectivity index (χ1n) is 6.49. The van der Waals surface area contributed by atoms with E-state index >= 15 is 0 Å². The van der Waals surface area contributed by atoms with Crippen LogP contribution in [0.15, 0.2) is 22.7 Å². The van der Waals surface area contributed by atoms with Crippen LogP contribution in [0.2, 0.25) is 0 Å². The summed E-state index contributed by atoms with van der Waals surface area (Å²) in [6.07, 6.45) is 1.30. The smallest absolute Gasteiger partial charge is 0.0992 e. The third-order valence-electron chi connectivity index (χ3n) is 3.98. The Morgan fingerprint density at radius 2 is 2.06 bits per heavy atom. The summed E-state index contributed by atoms with van der Waals surface area (Å²) in [5.74, 6) is 1.43. The van der Waals surface area contributed by atoms with E-state index in [0.29, 0.717) is 17.5 Å². The van der Waals surface area contributed by atoms with Gasteiger partial charge in [0.05, 0.1) is 17.3 Å². The summed E-state index contributed by atoms with van der Waals surface area (Å²) in [6, 6.07) is 8.59. The second-order valence-corrected chi connectivity index (χ2v) is 6.34. The molecule has 1 aliphatic rings. The van der Waals surface area contributed by atoms with Crippen molar-refractivity contribution in [1.82, 2.24) is 0 Å². The van der Waals surface area contributed by atoms with E-state index in [4.69, 9.17) is 5.26 Å². The highest BCUT2D eigenvalue weighted by atomic mass is 79.9. The lowest BCUT2D eigenvalue weighted by Gasteiger charge is -2.43. The van der Waals surface area contributed by atoms with Gasteiger partial charge in [-0.1, -0.05) is 13.8 Å². The number of benzene rings is 1. The van der Waals surface area contributed by atoms with Crippen molar-refractivity contribution >= 4 is 21.6 Å². The Balaban J connectivity index is 2.33. The molecule has 0 aromatic heterocycles. The molecule has 0 bridgehead atoms. The first kappa shape index (κ1) is 13.4. The lowest BCUT2D eigenvalue weighted by Crippen LogP contribution is -2.46. The maximum Gasteiger partial charge on any atom is 0.0992 e. The largest absolute Gasteiger partial charge is 0.367 e. The van der Waals surface area contributed by atoms with Gasteiger partial charge in [0.2, 0.25) is 0 Å². The van der Waals surface area contributed by atoms with Gasteiger partial charge in [-0.2, -0.15) is 5.26 Å². The number of piperidine rings is 1.